The molecule has 0 radical (unpaired) electrons. The van der Waals surface area contributed by atoms with Crippen molar-refractivity contribution in [3.05, 3.63) is 33.8 Å². The molecule has 0 spiro atoms. The Kier molecular flexibility index (Phi) is 4.45. The van der Waals surface area contributed by atoms with E-state index in [0.717, 1.165) is 5.56 Å². The van der Waals surface area contributed by atoms with Gasteiger partial charge < -0.3 is 5.32 Å². The zero-order valence-corrected chi connectivity index (χ0v) is 12.0. The lowest BCUT2D eigenvalue weighted by Crippen LogP contribution is -2.36. The van der Waals surface area contributed by atoms with Gasteiger partial charge in [-0.05, 0) is 24.6 Å². The summed E-state index contributed by atoms with van der Waals surface area (Å²) >= 11 is 11.9. The van der Waals surface area contributed by atoms with E-state index >= 15 is 0 Å². The molecule has 1 amide bonds. The lowest BCUT2D eigenvalue weighted by molar-refractivity contribution is -0.129. The minimum Gasteiger partial charge on any atom is -0.349 e. The standard InChI is InChI=1S/C13H17Cl2NO/c1-8(16-12(17)13(2,3)4)10-6-5-9(14)7-11(10)15/h5-8H,1-4H3,(H,16,17)/t8-/m1/s1. The highest BCUT2D eigenvalue weighted by atomic mass is 35.5. The summed E-state index contributed by atoms with van der Waals surface area (Å²) in [4.78, 5) is 11.8. The number of nitrogens with one attached hydrogen (secondary N) is 1. The average molecular weight is 274 g/mol. The van der Waals surface area contributed by atoms with Gasteiger partial charge in [0.1, 0.15) is 0 Å². The number of hydrogen-bond acceptors (Lipinski definition) is 1. The molecule has 1 N–H and O–H groups in total. The largest absolute Gasteiger partial charge is 0.349 e. The summed E-state index contributed by atoms with van der Waals surface area (Å²) in [6, 6.07) is 5.14. The van der Waals surface area contributed by atoms with Crippen LogP contribution in [0, 0.1) is 5.41 Å². The molecule has 0 bridgehead atoms. The van der Waals surface area contributed by atoms with E-state index in [2.05, 4.69) is 5.32 Å². The maximum Gasteiger partial charge on any atom is 0.225 e. The number of hydrogen-bond donors (Lipinski definition) is 1. The van der Waals surface area contributed by atoms with Gasteiger partial charge in [0, 0.05) is 15.5 Å². The topological polar surface area (TPSA) is 29.1 Å². The van der Waals surface area contributed by atoms with E-state index in [9.17, 15) is 4.79 Å². The zero-order valence-electron chi connectivity index (χ0n) is 10.5. The first kappa shape index (κ1) is 14.3. The van der Waals surface area contributed by atoms with Crippen molar-refractivity contribution in [2.45, 2.75) is 33.7 Å². The minimum absolute atomic E-state index is 0.00369. The van der Waals surface area contributed by atoms with Crippen molar-refractivity contribution >= 4 is 29.1 Å². The highest BCUT2D eigenvalue weighted by Gasteiger charge is 2.23. The van der Waals surface area contributed by atoms with Crippen LogP contribution in [0.1, 0.15) is 39.3 Å². The summed E-state index contributed by atoms with van der Waals surface area (Å²) in [5.74, 6) is -0.00369. The Hall–Kier alpha value is -0.730. The molecule has 4 heteroatoms. The third-order valence-corrected chi connectivity index (χ3v) is 3.02. The molecule has 0 aliphatic rings. The summed E-state index contributed by atoms with van der Waals surface area (Å²) in [5.41, 5.74) is 0.460. The SMILES string of the molecule is C[C@@H](NC(=O)C(C)(C)C)c1ccc(Cl)cc1Cl. The fraction of sp³-hybridized carbons (Fsp3) is 0.462. The van der Waals surface area contributed by atoms with E-state index in [1.807, 2.05) is 33.8 Å². The van der Waals surface area contributed by atoms with E-state index in [4.69, 9.17) is 23.2 Å². The van der Waals surface area contributed by atoms with E-state index in [1.54, 1.807) is 12.1 Å². The lowest BCUT2D eigenvalue weighted by Gasteiger charge is -2.22. The highest BCUT2D eigenvalue weighted by molar-refractivity contribution is 6.35. The Morgan fingerprint density at radius 1 is 1.29 bits per heavy atom. The molecule has 1 aromatic rings. The van der Waals surface area contributed by atoms with Crippen LogP contribution in [0.5, 0.6) is 0 Å². The minimum atomic E-state index is -0.410. The number of halogens is 2. The zero-order chi connectivity index (χ0) is 13.2. The molecule has 94 valence electrons. The van der Waals surface area contributed by atoms with Crippen LogP contribution in [0.3, 0.4) is 0 Å². The normalized spacial score (nSPS) is 13.3. The molecule has 1 aromatic carbocycles. The van der Waals surface area contributed by atoms with Gasteiger partial charge in [0.15, 0.2) is 0 Å². The Morgan fingerprint density at radius 2 is 1.88 bits per heavy atom. The van der Waals surface area contributed by atoms with E-state index in [-0.39, 0.29) is 11.9 Å². The summed E-state index contributed by atoms with van der Waals surface area (Å²) in [7, 11) is 0. The molecule has 0 aromatic heterocycles. The molecule has 0 heterocycles. The van der Waals surface area contributed by atoms with Crippen LogP contribution in [0.15, 0.2) is 18.2 Å². The van der Waals surface area contributed by atoms with Crippen LogP contribution in [0.2, 0.25) is 10.0 Å². The quantitative estimate of drug-likeness (QED) is 0.859. The number of rotatable bonds is 2. The van der Waals surface area contributed by atoms with Gasteiger partial charge in [0.25, 0.3) is 0 Å². The van der Waals surface area contributed by atoms with E-state index in [0.29, 0.717) is 10.0 Å². The van der Waals surface area contributed by atoms with Crippen LogP contribution in [0.25, 0.3) is 0 Å². The Labute approximate surface area is 112 Å². The monoisotopic (exact) mass is 273 g/mol. The van der Waals surface area contributed by atoms with Crippen LogP contribution in [0.4, 0.5) is 0 Å². The van der Waals surface area contributed by atoms with Gasteiger partial charge >= 0.3 is 0 Å². The Morgan fingerprint density at radius 3 is 2.35 bits per heavy atom. The number of carbonyl (C=O) groups is 1. The molecule has 1 rings (SSSR count). The molecule has 17 heavy (non-hydrogen) atoms. The van der Waals surface area contributed by atoms with Gasteiger partial charge in [0.2, 0.25) is 5.91 Å². The van der Waals surface area contributed by atoms with Gasteiger partial charge in [0.05, 0.1) is 6.04 Å². The molecule has 0 unspecified atom stereocenters. The number of carbonyl (C=O) groups excluding carboxylic acids is 1. The third kappa shape index (κ3) is 3.90. The maximum atomic E-state index is 11.8. The maximum absolute atomic E-state index is 11.8. The first-order chi connectivity index (χ1) is 7.71. The number of amides is 1. The van der Waals surface area contributed by atoms with Gasteiger partial charge in [-0.15, -0.1) is 0 Å². The number of benzene rings is 1. The third-order valence-electron chi connectivity index (χ3n) is 2.46. The molecule has 0 aliphatic carbocycles. The van der Waals surface area contributed by atoms with Gasteiger partial charge in [-0.1, -0.05) is 50.0 Å². The molecule has 1 atom stereocenters. The predicted octanol–water partition coefficient (Wildman–Crippen LogP) is 4.22. The van der Waals surface area contributed by atoms with Crippen molar-refractivity contribution in [2.24, 2.45) is 5.41 Å². The van der Waals surface area contributed by atoms with Crippen molar-refractivity contribution < 1.29 is 4.79 Å². The fourth-order valence-electron chi connectivity index (χ4n) is 1.34. The smallest absolute Gasteiger partial charge is 0.225 e. The van der Waals surface area contributed by atoms with Crippen molar-refractivity contribution in [1.82, 2.24) is 5.32 Å². The summed E-state index contributed by atoms with van der Waals surface area (Å²) < 4.78 is 0. The Balaban J connectivity index is 2.84. The molecular weight excluding hydrogens is 257 g/mol. The molecule has 0 fully saturated rings. The van der Waals surface area contributed by atoms with Crippen LogP contribution >= 0.6 is 23.2 Å². The second-order valence-corrected chi connectivity index (χ2v) is 5.95. The first-order valence-electron chi connectivity index (χ1n) is 5.47. The van der Waals surface area contributed by atoms with Crippen molar-refractivity contribution in [3.63, 3.8) is 0 Å². The summed E-state index contributed by atoms with van der Waals surface area (Å²) in [6.45, 7) is 7.52. The highest BCUT2D eigenvalue weighted by Crippen LogP contribution is 2.27. The summed E-state index contributed by atoms with van der Waals surface area (Å²) in [6.07, 6.45) is 0. The predicted molar refractivity (Wildman–Crippen MR) is 72.5 cm³/mol. The molecule has 0 saturated heterocycles. The first-order valence-corrected chi connectivity index (χ1v) is 6.23. The van der Waals surface area contributed by atoms with E-state index < -0.39 is 5.41 Å². The Bertz CT molecular complexity index is 424. The summed E-state index contributed by atoms with van der Waals surface area (Å²) in [5, 5.41) is 4.09. The second kappa shape index (κ2) is 5.28. The molecule has 0 aliphatic heterocycles. The van der Waals surface area contributed by atoms with Gasteiger partial charge in [-0.2, -0.15) is 0 Å². The van der Waals surface area contributed by atoms with Crippen LogP contribution in [-0.2, 0) is 4.79 Å². The second-order valence-electron chi connectivity index (χ2n) is 5.11. The van der Waals surface area contributed by atoms with Gasteiger partial charge in [-0.3, -0.25) is 4.79 Å². The van der Waals surface area contributed by atoms with E-state index in [1.165, 1.54) is 0 Å². The molecule has 0 saturated carbocycles. The van der Waals surface area contributed by atoms with Crippen molar-refractivity contribution in [2.75, 3.05) is 0 Å². The van der Waals surface area contributed by atoms with Crippen molar-refractivity contribution in [3.8, 4) is 0 Å². The molecular formula is C13H17Cl2NO. The lowest BCUT2D eigenvalue weighted by atomic mass is 9.94. The van der Waals surface area contributed by atoms with Crippen molar-refractivity contribution in [1.29, 1.82) is 0 Å². The van der Waals surface area contributed by atoms with Gasteiger partial charge in [-0.25, -0.2) is 0 Å². The fourth-order valence-corrected chi connectivity index (χ4v) is 1.92. The van der Waals surface area contributed by atoms with Crippen LogP contribution in [-0.4, -0.2) is 5.91 Å². The van der Waals surface area contributed by atoms with Crippen LogP contribution < -0.4 is 5.32 Å². The average Bonchev–Trinajstić information content (AvgIpc) is 2.15. The molecule has 2 nitrogen and oxygen atoms in total.